The summed E-state index contributed by atoms with van der Waals surface area (Å²) in [7, 11) is 0. The molecule has 0 N–H and O–H groups in total. The van der Waals surface area contributed by atoms with E-state index >= 15 is 0 Å². The quantitative estimate of drug-likeness (QED) is 0.645. The van der Waals surface area contributed by atoms with E-state index in [9.17, 15) is 4.79 Å². The number of carbonyl (C=O) groups is 1. The van der Waals surface area contributed by atoms with Crippen LogP contribution < -0.4 is 0 Å². The number of piperazine rings is 1. The lowest BCUT2D eigenvalue weighted by Gasteiger charge is -2.41. The Morgan fingerprint density at radius 1 is 1.23 bits per heavy atom. The van der Waals surface area contributed by atoms with Crippen LogP contribution in [-0.4, -0.2) is 94.8 Å². The van der Waals surface area contributed by atoms with Gasteiger partial charge in [-0.15, -0.1) is 11.3 Å². The fourth-order valence-electron chi connectivity index (χ4n) is 4.47. The Balaban J connectivity index is 1.18. The van der Waals surface area contributed by atoms with Crippen LogP contribution in [0.25, 0.3) is 10.7 Å². The van der Waals surface area contributed by atoms with Crippen LogP contribution in [0, 0.1) is 0 Å². The largest absolute Gasteiger partial charge is 0.372 e. The van der Waals surface area contributed by atoms with Crippen molar-refractivity contribution < 1.29 is 14.1 Å². The van der Waals surface area contributed by atoms with E-state index in [2.05, 4.69) is 19.9 Å². The van der Waals surface area contributed by atoms with Crippen LogP contribution in [0.4, 0.5) is 0 Å². The molecule has 1 amide bonds. The molecule has 2 aromatic rings. The molecular formula is C22H33N5O3S. The summed E-state index contributed by atoms with van der Waals surface area (Å²) < 4.78 is 11.2. The summed E-state index contributed by atoms with van der Waals surface area (Å²) in [6.45, 7) is 12.3. The number of morpholine rings is 1. The lowest BCUT2D eigenvalue weighted by atomic mass is 10.1. The van der Waals surface area contributed by atoms with E-state index < -0.39 is 0 Å². The SMILES string of the molecule is CC1CN(C(=O)C(C)N2CCN(CCCc3nc(-c4cccs4)no3)CC2)CC(C)O1. The first-order chi connectivity index (χ1) is 15.0. The highest BCUT2D eigenvalue weighted by atomic mass is 32.1. The Kier molecular flexibility index (Phi) is 7.37. The number of rotatable bonds is 7. The molecule has 2 aliphatic heterocycles. The standard InChI is InChI=1S/C22H33N5O3S/c1-16-14-27(15-17(2)29-16)22(28)18(3)26-11-9-25(10-12-26)8-4-7-20-23-21(24-30-20)19-6-5-13-31-19/h5-6,13,16-18H,4,7-12,14-15H2,1-3H3. The predicted octanol–water partition coefficient (Wildman–Crippen LogP) is 2.37. The van der Waals surface area contributed by atoms with E-state index in [1.54, 1.807) is 11.3 Å². The van der Waals surface area contributed by atoms with Crippen molar-refractivity contribution in [1.82, 2.24) is 24.8 Å². The summed E-state index contributed by atoms with van der Waals surface area (Å²) in [5.41, 5.74) is 0. The van der Waals surface area contributed by atoms with Gasteiger partial charge in [0.05, 0.1) is 23.1 Å². The number of amides is 1. The van der Waals surface area contributed by atoms with Gasteiger partial charge in [0.1, 0.15) is 0 Å². The molecule has 0 bridgehead atoms. The number of hydrogen-bond donors (Lipinski definition) is 0. The minimum atomic E-state index is -0.0753. The van der Waals surface area contributed by atoms with E-state index in [-0.39, 0.29) is 24.2 Å². The van der Waals surface area contributed by atoms with E-state index in [1.165, 1.54) is 0 Å². The van der Waals surface area contributed by atoms with Gasteiger partial charge in [0.15, 0.2) is 0 Å². The predicted molar refractivity (Wildman–Crippen MR) is 120 cm³/mol. The summed E-state index contributed by atoms with van der Waals surface area (Å²) in [5.74, 6) is 1.62. The molecule has 2 aromatic heterocycles. The molecule has 4 heterocycles. The molecule has 2 fully saturated rings. The smallest absolute Gasteiger partial charge is 0.239 e. The van der Waals surface area contributed by atoms with Crippen molar-refractivity contribution in [3.05, 3.63) is 23.4 Å². The second-order valence-electron chi connectivity index (χ2n) is 8.65. The Bertz CT molecular complexity index is 824. The van der Waals surface area contributed by atoms with E-state index in [1.807, 2.05) is 43.2 Å². The van der Waals surface area contributed by atoms with Gasteiger partial charge in [-0.2, -0.15) is 4.98 Å². The van der Waals surface area contributed by atoms with Crippen LogP contribution in [0.1, 0.15) is 33.1 Å². The summed E-state index contributed by atoms with van der Waals surface area (Å²) in [6, 6.07) is 3.92. The molecule has 2 aliphatic rings. The molecule has 170 valence electrons. The Morgan fingerprint density at radius 3 is 2.65 bits per heavy atom. The molecule has 0 aromatic carbocycles. The molecule has 0 saturated carbocycles. The van der Waals surface area contributed by atoms with Gasteiger partial charge in [0, 0.05) is 45.7 Å². The number of hydrogen-bond acceptors (Lipinski definition) is 8. The second-order valence-corrected chi connectivity index (χ2v) is 9.59. The topological polar surface area (TPSA) is 74.9 Å². The number of aryl methyl sites for hydroxylation is 1. The first-order valence-electron chi connectivity index (χ1n) is 11.3. The molecule has 31 heavy (non-hydrogen) atoms. The van der Waals surface area contributed by atoms with Crippen LogP contribution in [0.5, 0.6) is 0 Å². The monoisotopic (exact) mass is 447 g/mol. The molecule has 3 atom stereocenters. The van der Waals surface area contributed by atoms with E-state index in [0.29, 0.717) is 24.8 Å². The third-order valence-electron chi connectivity index (χ3n) is 6.12. The van der Waals surface area contributed by atoms with Crippen molar-refractivity contribution in [2.75, 3.05) is 45.8 Å². The van der Waals surface area contributed by atoms with Crippen molar-refractivity contribution in [1.29, 1.82) is 0 Å². The normalized spacial score (nSPS) is 24.4. The third-order valence-corrected chi connectivity index (χ3v) is 6.98. The van der Waals surface area contributed by atoms with Crippen LogP contribution in [0.2, 0.25) is 0 Å². The summed E-state index contributed by atoms with van der Waals surface area (Å²) >= 11 is 1.62. The Hall–Kier alpha value is -1.81. The van der Waals surface area contributed by atoms with Gasteiger partial charge in [-0.05, 0) is 45.2 Å². The molecule has 2 saturated heterocycles. The van der Waals surface area contributed by atoms with Crippen LogP contribution in [-0.2, 0) is 16.0 Å². The third kappa shape index (κ3) is 5.71. The maximum atomic E-state index is 13.0. The molecular weight excluding hydrogens is 414 g/mol. The van der Waals surface area contributed by atoms with Gasteiger partial charge in [-0.3, -0.25) is 9.69 Å². The van der Waals surface area contributed by atoms with Crippen molar-refractivity contribution in [3.8, 4) is 10.7 Å². The number of aromatic nitrogens is 2. The second kappa shape index (κ2) is 10.2. The molecule has 0 spiro atoms. The summed E-state index contributed by atoms with van der Waals surface area (Å²) in [6.07, 6.45) is 2.00. The summed E-state index contributed by atoms with van der Waals surface area (Å²) in [5, 5.41) is 6.09. The van der Waals surface area contributed by atoms with Gasteiger partial charge in [0.2, 0.25) is 17.6 Å². The van der Waals surface area contributed by atoms with Crippen molar-refractivity contribution in [2.45, 2.75) is 51.9 Å². The van der Waals surface area contributed by atoms with Crippen molar-refractivity contribution in [2.24, 2.45) is 0 Å². The Morgan fingerprint density at radius 2 is 1.97 bits per heavy atom. The van der Waals surface area contributed by atoms with Crippen molar-refractivity contribution in [3.63, 3.8) is 0 Å². The first-order valence-corrected chi connectivity index (χ1v) is 12.1. The zero-order valence-electron chi connectivity index (χ0n) is 18.7. The number of thiophene rings is 1. The average molecular weight is 448 g/mol. The van der Waals surface area contributed by atoms with E-state index in [0.717, 1.165) is 50.4 Å². The van der Waals surface area contributed by atoms with Gasteiger partial charge in [-0.1, -0.05) is 11.2 Å². The molecule has 4 rings (SSSR count). The zero-order chi connectivity index (χ0) is 21.8. The van der Waals surface area contributed by atoms with Gasteiger partial charge >= 0.3 is 0 Å². The fourth-order valence-corrected chi connectivity index (χ4v) is 5.12. The van der Waals surface area contributed by atoms with Crippen molar-refractivity contribution >= 4 is 17.2 Å². The van der Waals surface area contributed by atoms with Crippen LogP contribution in [0.15, 0.2) is 22.0 Å². The highest BCUT2D eigenvalue weighted by Crippen LogP contribution is 2.21. The number of carbonyl (C=O) groups excluding carboxylic acids is 1. The van der Waals surface area contributed by atoms with Crippen LogP contribution >= 0.6 is 11.3 Å². The fraction of sp³-hybridized carbons (Fsp3) is 0.682. The molecule has 8 nitrogen and oxygen atoms in total. The maximum absolute atomic E-state index is 13.0. The molecule has 9 heteroatoms. The number of nitrogens with zero attached hydrogens (tertiary/aromatic N) is 5. The Labute approximate surface area is 188 Å². The average Bonchev–Trinajstić information content (AvgIpc) is 3.44. The minimum Gasteiger partial charge on any atom is -0.372 e. The summed E-state index contributed by atoms with van der Waals surface area (Å²) in [4.78, 5) is 25.3. The van der Waals surface area contributed by atoms with Crippen LogP contribution in [0.3, 0.4) is 0 Å². The van der Waals surface area contributed by atoms with Gasteiger partial charge < -0.3 is 19.1 Å². The van der Waals surface area contributed by atoms with Gasteiger partial charge in [0.25, 0.3) is 0 Å². The lowest BCUT2D eigenvalue weighted by molar-refractivity contribution is -0.148. The molecule has 0 radical (unpaired) electrons. The van der Waals surface area contributed by atoms with Gasteiger partial charge in [-0.25, -0.2) is 0 Å². The van der Waals surface area contributed by atoms with E-state index in [4.69, 9.17) is 9.26 Å². The highest BCUT2D eigenvalue weighted by Gasteiger charge is 2.32. The minimum absolute atomic E-state index is 0.0753. The number of ether oxygens (including phenoxy) is 1. The lowest BCUT2D eigenvalue weighted by Crippen LogP contribution is -2.57. The first kappa shape index (κ1) is 22.4. The maximum Gasteiger partial charge on any atom is 0.239 e. The molecule has 0 aliphatic carbocycles. The molecule has 3 unspecified atom stereocenters. The highest BCUT2D eigenvalue weighted by molar-refractivity contribution is 7.13. The zero-order valence-corrected chi connectivity index (χ0v) is 19.5.